The highest BCUT2D eigenvalue weighted by atomic mass is 16.5. The summed E-state index contributed by atoms with van der Waals surface area (Å²) in [6, 6.07) is 0. The summed E-state index contributed by atoms with van der Waals surface area (Å²) in [7, 11) is 0. The van der Waals surface area contributed by atoms with Gasteiger partial charge in [0.1, 0.15) is 0 Å². The Morgan fingerprint density at radius 1 is 1.12 bits per heavy atom. The minimum atomic E-state index is -0.133. The molecule has 0 bridgehead atoms. The van der Waals surface area contributed by atoms with Gasteiger partial charge >= 0.3 is 5.97 Å². The van der Waals surface area contributed by atoms with Crippen molar-refractivity contribution in [1.82, 2.24) is 0 Å². The maximum absolute atomic E-state index is 11.8. The van der Waals surface area contributed by atoms with E-state index in [-0.39, 0.29) is 11.9 Å². The molecule has 2 heteroatoms. The fraction of sp³-hybridized carbons (Fsp3) is 0.786. The molecular formula is C14H26O2. The molecule has 0 spiro atoms. The Kier molecular flexibility index (Phi) is 7.96. The van der Waals surface area contributed by atoms with Crippen molar-refractivity contribution in [2.45, 2.75) is 60.3 Å². The van der Waals surface area contributed by atoms with E-state index in [2.05, 4.69) is 6.92 Å². The SMILES string of the molecule is CCCCCCOC(=O)C(=C(C)C)C(C)C. The van der Waals surface area contributed by atoms with Gasteiger partial charge in [0.15, 0.2) is 0 Å². The Bertz CT molecular complexity index is 235. The standard InChI is InChI=1S/C14H26O2/c1-6-7-8-9-10-16-14(15)13(11(2)3)12(4)5/h11H,6-10H2,1-5H3. The van der Waals surface area contributed by atoms with E-state index in [1.807, 2.05) is 27.7 Å². The molecule has 2 nitrogen and oxygen atoms in total. The number of allylic oxidation sites excluding steroid dienone is 1. The Morgan fingerprint density at radius 3 is 2.19 bits per heavy atom. The van der Waals surface area contributed by atoms with Crippen molar-refractivity contribution < 1.29 is 9.53 Å². The van der Waals surface area contributed by atoms with Crippen molar-refractivity contribution in [1.29, 1.82) is 0 Å². The van der Waals surface area contributed by atoms with Crippen LogP contribution in [0.1, 0.15) is 60.3 Å². The maximum Gasteiger partial charge on any atom is 0.334 e. The molecule has 94 valence electrons. The molecule has 16 heavy (non-hydrogen) atoms. The van der Waals surface area contributed by atoms with Gasteiger partial charge in [-0.2, -0.15) is 0 Å². The van der Waals surface area contributed by atoms with Gasteiger partial charge in [-0.3, -0.25) is 0 Å². The van der Waals surface area contributed by atoms with Crippen LogP contribution in [0.15, 0.2) is 11.1 Å². The number of carbonyl (C=O) groups is 1. The molecule has 0 rings (SSSR count). The molecular weight excluding hydrogens is 200 g/mol. The molecule has 0 heterocycles. The van der Waals surface area contributed by atoms with Crippen molar-refractivity contribution in [3.63, 3.8) is 0 Å². The second kappa shape index (κ2) is 8.37. The lowest BCUT2D eigenvalue weighted by atomic mass is 9.99. The van der Waals surface area contributed by atoms with E-state index in [4.69, 9.17) is 4.74 Å². The molecule has 0 N–H and O–H groups in total. The van der Waals surface area contributed by atoms with Crippen molar-refractivity contribution in [3.05, 3.63) is 11.1 Å². The summed E-state index contributed by atoms with van der Waals surface area (Å²) in [5.74, 6) is 0.111. The van der Waals surface area contributed by atoms with Gasteiger partial charge in [0.25, 0.3) is 0 Å². The lowest BCUT2D eigenvalue weighted by Crippen LogP contribution is -2.14. The Hall–Kier alpha value is -0.790. The molecule has 0 saturated heterocycles. The normalized spacial score (nSPS) is 10.4. The number of ether oxygens (including phenoxy) is 1. The minimum absolute atomic E-state index is 0.133. The summed E-state index contributed by atoms with van der Waals surface area (Å²) in [6.07, 6.45) is 4.56. The molecule has 0 atom stereocenters. The lowest BCUT2D eigenvalue weighted by Gasteiger charge is -2.13. The zero-order valence-electron chi connectivity index (χ0n) is 11.4. The summed E-state index contributed by atoms with van der Waals surface area (Å²) in [5.41, 5.74) is 1.89. The van der Waals surface area contributed by atoms with E-state index < -0.39 is 0 Å². The first-order chi connectivity index (χ1) is 7.50. The quantitative estimate of drug-likeness (QED) is 0.371. The van der Waals surface area contributed by atoms with Gasteiger partial charge in [-0.05, 0) is 26.2 Å². The van der Waals surface area contributed by atoms with Gasteiger partial charge in [0.05, 0.1) is 6.61 Å². The zero-order valence-corrected chi connectivity index (χ0v) is 11.4. The van der Waals surface area contributed by atoms with E-state index in [9.17, 15) is 4.79 Å². The molecule has 0 aromatic carbocycles. The second-order valence-electron chi connectivity index (χ2n) is 4.76. The average Bonchev–Trinajstić information content (AvgIpc) is 2.16. The molecule has 0 saturated carbocycles. The Labute approximate surface area is 100 Å². The highest BCUT2D eigenvalue weighted by molar-refractivity contribution is 5.89. The first-order valence-electron chi connectivity index (χ1n) is 6.35. The molecule has 0 amide bonds. The van der Waals surface area contributed by atoms with Gasteiger partial charge in [-0.1, -0.05) is 45.6 Å². The van der Waals surface area contributed by atoms with Crippen LogP contribution in [-0.2, 0) is 9.53 Å². The van der Waals surface area contributed by atoms with Gasteiger partial charge in [0.2, 0.25) is 0 Å². The van der Waals surface area contributed by atoms with Gasteiger partial charge in [-0.25, -0.2) is 4.79 Å². The van der Waals surface area contributed by atoms with Crippen LogP contribution in [0.25, 0.3) is 0 Å². The summed E-state index contributed by atoms with van der Waals surface area (Å²) >= 11 is 0. The molecule has 0 aromatic rings. The lowest BCUT2D eigenvalue weighted by molar-refractivity contribution is -0.139. The van der Waals surface area contributed by atoms with Crippen LogP contribution in [0.2, 0.25) is 0 Å². The first kappa shape index (κ1) is 15.2. The van der Waals surface area contributed by atoms with Gasteiger partial charge < -0.3 is 4.74 Å². The van der Waals surface area contributed by atoms with E-state index in [1.54, 1.807) is 0 Å². The van der Waals surface area contributed by atoms with E-state index in [0.29, 0.717) is 6.61 Å². The average molecular weight is 226 g/mol. The molecule has 0 aliphatic rings. The third kappa shape index (κ3) is 5.94. The van der Waals surface area contributed by atoms with Gasteiger partial charge in [0, 0.05) is 5.57 Å². The van der Waals surface area contributed by atoms with Crippen LogP contribution >= 0.6 is 0 Å². The monoisotopic (exact) mass is 226 g/mol. The number of hydrogen-bond acceptors (Lipinski definition) is 2. The van der Waals surface area contributed by atoms with E-state index in [0.717, 1.165) is 24.0 Å². The van der Waals surface area contributed by atoms with Crippen LogP contribution in [-0.4, -0.2) is 12.6 Å². The number of unbranched alkanes of at least 4 members (excludes halogenated alkanes) is 3. The topological polar surface area (TPSA) is 26.3 Å². The third-order valence-corrected chi connectivity index (χ3v) is 2.57. The number of esters is 1. The van der Waals surface area contributed by atoms with E-state index >= 15 is 0 Å². The second-order valence-corrected chi connectivity index (χ2v) is 4.76. The van der Waals surface area contributed by atoms with Crippen LogP contribution in [0, 0.1) is 5.92 Å². The molecule has 0 aliphatic carbocycles. The number of rotatable bonds is 7. The van der Waals surface area contributed by atoms with Crippen LogP contribution in [0.3, 0.4) is 0 Å². The highest BCUT2D eigenvalue weighted by Crippen LogP contribution is 2.16. The van der Waals surface area contributed by atoms with Crippen molar-refractivity contribution in [2.75, 3.05) is 6.61 Å². The molecule has 0 unspecified atom stereocenters. The van der Waals surface area contributed by atoms with Crippen LogP contribution in [0.4, 0.5) is 0 Å². The molecule has 0 fully saturated rings. The van der Waals surface area contributed by atoms with E-state index in [1.165, 1.54) is 12.8 Å². The fourth-order valence-electron chi connectivity index (χ4n) is 1.79. The summed E-state index contributed by atoms with van der Waals surface area (Å²) in [6.45, 7) is 10.7. The van der Waals surface area contributed by atoms with Crippen molar-refractivity contribution >= 4 is 5.97 Å². The fourth-order valence-corrected chi connectivity index (χ4v) is 1.79. The Morgan fingerprint density at radius 2 is 1.75 bits per heavy atom. The maximum atomic E-state index is 11.8. The van der Waals surface area contributed by atoms with Crippen molar-refractivity contribution in [3.8, 4) is 0 Å². The number of hydrogen-bond donors (Lipinski definition) is 0. The van der Waals surface area contributed by atoms with Crippen LogP contribution in [0.5, 0.6) is 0 Å². The predicted octanol–water partition coefficient (Wildman–Crippen LogP) is 4.10. The Balaban J connectivity index is 4.00. The highest BCUT2D eigenvalue weighted by Gasteiger charge is 2.15. The summed E-state index contributed by atoms with van der Waals surface area (Å²) < 4.78 is 5.28. The third-order valence-electron chi connectivity index (χ3n) is 2.57. The summed E-state index contributed by atoms with van der Waals surface area (Å²) in [4.78, 5) is 11.8. The predicted molar refractivity (Wildman–Crippen MR) is 68.3 cm³/mol. The molecule has 0 aliphatic heterocycles. The zero-order chi connectivity index (χ0) is 12.6. The van der Waals surface area contributed by atoms with Crippen molar-refractivity contribution in [2.24, 2.45) is 5.92 Å². The molecule has 0 aromatic heterocycles. The van der Waals surface area contributed by atoms with Crippen LogP contribution < -0.4 is 0 Å². The van der Waals surface area contributed by atoms with Gasteiger partial charge in [-0.15, -0.1) is 0 Å². The largest absolute Gasteiger partial charge is 0.462 e. The minimum Gasteiger partial charge on any atom is -0.462 e. The summed E-state index contributed by atoms with van der Waals surface area (Å²) in [5, 5.41) is 0. The number of carbonyl (C=O) groups excluding carboxylic acids is 1. The smallest absolute Gasteiger partial charge is 0.334 e. The first-order valence-corrected chi connectivity index (χ1v) is 6.35. The molecule has 0 radical (unpaired) electrons.